The van der Waals surface area contributed by atoms with E-state index in [2.05, 4.69) is 43.6 Å². The molecule has 2 aromatic carbocycles. The van der Waals surface area contributed by atoms with E-state index in [9.17, 15) is 4.79 Å². The molecular weight excluding hydrogens is 424 g/mol. The Morgan fingerprint density at radius 1 is 1.18 bits per heavy atom. The van der Waals surface area contributed by atoms with Crippen molar-refractivity contribution in [2.75, 3.05) is 11.9 Å². The third kappa shape index (κ3) is 4.32. The molecule has 0 atom stereocenters. The van der Waals surface area contributed by atoms with Crippen LogP contribution in [-0.4, -0.2) is 37.3 Å². The lowest BCUT2D eigenvalue weighted by molar-refractivity contribution is 0.102. The molecule has 5 rings (SSSR count). The number of carbonyl (C=O) groups excluding carboxylic acids is 1. The predicted molar refractivity (Wildman–Crippen MR) is 130 cm³/mol. The van der Waals surface area contributed by atoms with Gasteiger partial charge in [-0.25, -0.2) is 4.68 Å². The van der Waals surface area contributed by atoms with Gasteiger partial charge in [0.1, 0.15) is 0 Å². The van der Waals surface area contributed by atoms with Crippen molar-refractivity contribution in [1.82, 2.24) is 24.9 Å². The zero-order valence-electron chi connectivity index (χ0n) is 18.9. The Morgan fingerprint density at radius 3 is 2.88 bits per heavy atom. The Kier molecular flexibility index (Phi) is 5.90. The van der Waals surface area contributed by atoms with Crippen LogP contribution in [-0.2, 0) is 19.5 Å². The monoisotopic (exact) mass is 448 g/mol. The lowest BCUT2D eigenvalue weighted by Gasteiger charge is -2.30. The molecule has 7 heteroatoms. The second-order valence-corrected chi connectivity index (χ2v) is 8.35. The molecule has 4 aromatic rings. The quantitative estimate of drug-likeness (QED) is 0.471. The van der Waals surface area contributed by atoms with Crippen LogP contribution in [0.15, 0.2) is 67.0 Å². The van der Waals surface area contributed by atoms with Crippen LogP contribution in [0, 0.1) is 19.3 Å². The van der Waals surface area contributed by atoms with Gasteiger partial charge in [-0.1, -0.05) is 35.4 Å². The molecule has 1 aliphatic heterocycles. The number of benzene rings is 2. The Balaban J connectivity index is 1.37. The third-order valence-electron chi connectivity index (χ3n) is 6.07. The average Bonchev–Trinajstić information content (AvgIpc) is 3.25. The number of pyridine rings is 1. The fraction of sp³-hybridized carbons (Fsp3) is 0.185. The van der Waals surface area contributed by atoms with E-state index in [4.69, 9.17) is 6.42 Å². The number of terminal acetylenes is 1. The standard InChI is InChI=1S/C27H24N6O/c1-3-20-7-4-10-23(15-20)29-27(34)26-19(2)33(31-30-26)25-11-5-9-22-18-32(14-12-24(22)25)17-21-8-6-13-28-16-21/h1,4-11,13,15-16H,12,14,17-18H2,2H3,(H,29,34). The Labute approximate surface area is 198 Å². The molecule has 3 heterocycles. The van der Waals surface area contributed by atoms with Gasteiger partial charge in [0.25, 0.3) is 5.91 Å². The third-order valence-corrected chi connectivity index (χ3v) is 6.07. The SMILES string of the molecule is C#Cc1cccc(NC(=O)c2nnn(-c3cccc4c3CCN(Cc3cccnc3)C4)c2C)c1. The van der Waals surface area contributed by atoms with Gasteiger partial charge in [0, 0.05) is 43.3 Å². The number of fused-ring (bicyclic) bond motifs is 1. The van der Waals surface area contributed by atoms with Crippen LogP contribution in [0.2, 0.25) is 0 Å². The molecule has 0 unspecified atom stereocenters. The van der Waals surface area contributed by atoms with E-state index >= 15 is 0 Å². The second-order valence-electron chi connectivity index (χ2n) is 8.35. The molecule has 34 heavy (non-hydrogen) atoms. The summed E-state index contributed by atoms with van der Waals surface area (Å²) in [6.45, 7) is 4.52. The minimum Gasteiger partial charge on any atom is -0.320 e. The van der Waals surface area contributed by atoms with E-state index in [1.54, 1.807) is 23.0 Å². The molecule has 0 radical (unpaired) electrons. The first kappa shape index (κ1) is 21.6. The average molecular weight is 449 g/mol. The predicted octanol–water partition coefficient (Wildman–Crippen LogP) is 3.76. The van der Waals surface area contributed by atoms with Gasteiger partial charge >= 0.3 is 0 Å². The van der Waals surface area contributed by atoms with Crippen molar-refractivity contribution in [2.45, 2.75) is 26.4 Å². The first-order chi connectivity index (χ1) is 16.6. The molecule has 7 nitrogen and oxygen atoms in total. The van der Waals surface area contributed by atoms with Crippen molar-refractivity contribution in [3.8, 4) is 18.0 Å². The number of hydrogen-bond acceptors (Lipinski definition) is 5. The van der Waals surface area contributed by atoms with Crippen LogP contribution in [0.5, 0.6) is 0 Å². The summed E-state index contributed by atoms with van der Waals surface area (Å²) in [5.41, 5.74) is 6.99. The number of anilines is 1. The van der Waals surface area contributed by atoms with Crippen LogP contribution >= 0.6 is 0 Å². The van der Waals surface area contributed by atoms with Gasteiger partial charge in [0.2, 0.25) is 0 Å². The summed E-state index contributed by atoms with van der Waals surface area (Å²) in [5, 5.41) is 11.4. The highest BCUT2D eigenvalue weighted by atomic mass is 16.2. The molecule has 0 aliphatic carbocycles. The van der Waals surface area contributed by atoms with Gasteiger partial charge in [-0.2, -0.15) is 0 Å². The van der Waals surface area contributed by atoms with Crippen LogP contribution in [0.25, 0.3) is 5.69 Å². The zero-order chi connectivity index (χ0) is 23.5. The molecule has 168 valence electrons. The summed E-state index contributed by atoms with van der Waals surface area (Å²) < 4.78 is 1.77. The Hall–Kier alpha value is -4.28. The van der Waals surface area contributed by atoms with Crippen molar-refractivity contribution < 1.29 is 4.79 Å². The van der Waals surface area contributed by atoms with Crippen molar-refractivity contribution in [2.24, 2.45) is 0 Å². The van der Waals surface area contributed by atoms with Crippen molar-refractivity contribution in [1.29, 1.82) is 0 Å². The smallest absolute Gasteiger partial charge is 0.278 e. The maximum Gasteiger partial charge on any atom is 0.278 e. The van der Waals surface area contributed by atoms with Gasteiger partial charge in [-0.05, 0) is 60.4 Å². The van der Waals surface area contributed by atoms with Gasteiger partial charge in [-0.3, -0.25) is 14.7 Å². The van der Waals surface area contributed by atoms with E-state index in [1.807, 2.05) is 43.5 Å². The number of carbonyl (C=O) groups is 1. The summed E-state index contributed by atoms with van der Waals surface area (Å²) in [6.07, 6.45) is 10.1. The van der Waals surface area contributed by atoms with Gasteiger partial charge in [-0.15, -0.1) is 11.5 Å². The molecule has 1 N–H and O–H groups in total. The topological polar surface area (TPSA) is 75.9 Å². The number of nitrogens with one attached hydrogen (secondary N) is 1. The fourth-order valence-corrected chi connectivity index (χ4v) is 4.38. The zero-order valence-corrected chi connectivity index (χ0v) is 18.9. The highest BCUT2D eigenvalue weighted by Crippen LogP contribution is 2.27. The molecule has 0 spiro atoms. The molecule has 2 aromatic heterocycles. The molecule has 0 saturated heterocycles. The summed E-state index contributed by atoms with van der Waals surface area (Å²) in [5.74, 6) is 2.26. The molecular formula is C27H24N6O. The molecule has 1 aliphatic rings. The summed E-state index contributed by atoms with van der Waals surface area (Å²) in [6, 6.07) is 17.5. The summed E-state index contributed by atoms with van der Waals surface area (Å²) in [4.78, 5) is 19.5. The lowest BCUT2D eigenvalue weighted by Crippen LogP contribution is -2.31. The maximum absolute atomic E-state index is 12.9. The number of amides is 1. The lowest BCUT2D eigenvalue weighted by atomic mass is 9.97. The number of aromatic nitrogens is 4. The van der Waals surface area contributed by atoms with E-state index in [-0.39, 0.29) is 11.6 Å². The minimum absolute atomic E-state index is 0.290. The first-order valence-corrected chi connectivity index (χ1v) is 11.1. The normalized spacial score (nSPS) is 13.2. The van der Waals surface area contributed by atoms with Crippen LogP contribution in [0.1, 0.15) is 38.4 Å². The number of hydrogen-bond donors (Lipinski definition) is 1. The number of rotatable bonds is 5. The van der Waals surface area contributed by atoms with Crippen molar-refractivity contribution in [3.63, 3.8) is 0 Å². The first-order valence-electron chi connectivity index (χ1n) is 11.1. The minimum atomic E-state index is -0.314. The fourth-order valence-electron chi connectivity index (χ4n) is 4.38. The maximum atomic E-state index is 12.9. The van der Waals surface area contributed by atoms with E-state index in [0.717, 1.165) is 31.7 Å². The van der Waals surface area contributed by atoms with Gasteiger partial charge < -0.3 is 5.32 Å². The Bertz CT molecular complexity index is 1390. The molecule has 0 saturated carbocycles. The molecule has 1 amide bonds. The van der Waals surface area contributed by atoms with E-state index in [0.29, 0.717) is 16.9 Å². The molecule has 0 bridgehead atoms. The molecule has 0 fully saturated rings. The summed E-state index contributed by atoms with van der Waals surface area (Å²) >= 11 is 0. The van der Waals surface area contributed by atoms with Crippen LogP contribution in [0.4, 0.5) is 5.69 Å². The van der Waals surface area contributed by atoms with E-state index in [1.165, 1.54) is 16.7 Å². The van der Waals surface area contributed by atoms with Crippen molar-refractivity contribution in [3.05, 3.63) is 101 Å². The highest BCUT2D eigenvalue weighted by molar-refractivity contribution is 6.03. The van der Waals surface area contributed by atoms with Crippen LogP contribution in [0.3, 0.4) is 0 Å². The van der Waals surface area contributed by atoms with E-state index < -0.39 is 0 Å². The van der Waals surface area contributed by atoms with Crippen molar-refractivity contribution >= 4 is 11.6 Å². The largest absolute Gasteiger partial charge is 0.320 e. The van der Waals surface area contributed by atoms with Gasteiger partial charge in [0.15, 0.2) is 5.69 Å². The van der Waals surface area contributed by atoms with Crippen LogP contribution < -0.4 is 5.32 Å². The van der Waals surface area contributed by atoms with Gasteiger partial charge in [0.05, 0.1) is 11.4 Å². The Morgan fingerprint density at radius 2 is 2.06 bits per heavy atom. The second kappa shape index (κ2) is 9.30. The number of nitrogens with zero attached hydrogens (tertiary/aromatic N) is 5. The summed E-state index contributed by atoms with van der Waals surface area (Å²) in [7, 11) is 0. The highest BCUT2D eigenvalue weighted by Gasteiger charge is 2.23.